The number of rotatable bonds is 4. The minimum atomic E-state index is 0.267. The molecule has 0 spiro atoms. The minimum Gasteiger partial charge on any atom is -0.457 e. The summed E-state index contributed by atoms with van der Waals surface area (Å²) in [5.41, 5.74) is 5.78. The van der Waals surface area contributed by atoms with Crippen molar-refractivity contribution in [3.63, 3.8) is 0 Å². The predicted octanol–water partition coefficient (Wildman–Crippen LogP) is 4.29. The number of anilines is 1. The Labute approximate surface area is 140 Å². The SMILES string of the molecule is C/C=C/N=C(N)Nc1cc(Oc2cccc3ccccc23)ccn1. The van der Waals surface area contributed by atoms with Crippen LogP contribution in [-0.2, 0) is 0 Å². The Morgan fingerprint density at radius 2 is 2.00 bits per heavy atom. The van der Waals surface area contributed by atoms with Crippen molar-refractivity contribution in [2.45, 2.75) is 6.92 Å². The van der Waals surface area contributed by atoms with Gasteiger partial charge in [-0.3, -0.25) is 0 Å². The van der Waals surface area contributed by atoms with Gasteiger partial charge in [-0.05, 0) is 24.4 Å². The van der Waals surface area contributed by atoms with Crippen LogP contribution in [0.2, 0.25) is 0 Å². The van der Waals surface area contributed by atoms with Crippen LogP contribution in [0.25, 0.3) is 10.8 Å². The number of fused-ring (bicyclic) bond motifs is 1. The lowest BCUT2D eigenvalue weighted by atomic mass is 10.1. The summed E-state index contributed by atoms with van der Waals surface area (Å²) in [6.07, 6.45) is 5.06. The molecule has 0 saturated heterocycles. The fourth-order valence-corrected chi connectivity index (χ4v) is 2.27. The molecule has 3 N–H and O–H groups in total. The van der Waals surface area contributed by atoms with Crippen LogP contribution in [0.5, 0.6) is 11.5 Å². The van der Waals surface area contributed by atoms with E-state index in [4.69, 9.17) is 10.5 Å². The zero-order valence-corrected chi connectivity index (χ0v) is 13.3. The van der Waals surface area contributed by atoms with Crippen molar-refractivity contribution in [2.75, 3.05) is 5.32 Å². The van der Waals surface area contributed by atoms with Crippen LogP contribution in [-0.4, -0.2) is 10.9 Å². The summed E-state index contributed by atoms with van der Waals surface area (Å²) in [5.74, 6) is 2.30. The van der Waals surface area contributed by atoms with Gasteiger partial charge in [0.2, 0.25) is 0 Å². The molecule has 24 heavy (non-hydrogen) atoms. The molecule has 5 heteroatoms. The molecular formula is C19H18N4O. The number of aliphatic imine (C=N–C) groups is 1. The minimum absolute atomic E-state index is 0.267. The molecule has 0 fully saturated rings. The molecule has 0 aliphatic carbocycles. The second-order valence-corrected chi connectivity index (χ2v) is 5.08. The second kappa shape index (κ2) is 7.28. The van der Waals surface area contributed by atoms with Gasteiger partial charge in [-0.1, -0.05) is 42.5 Å². The van der Waals surface area contributed by atoms with E-state index in [1.807, 2.05) is 37.3 Å². The monoisotopic (exact) mass is 318 g/mol. The number of hydrogen-bond donors (Lipinski definition) is 2. The molecule has 5 nitrogen and oxygen atoms in total. The second-order valence-electron chi connectivity index (χ2n) is 5.08. The Morgan fingerprint density at radius 3 is 2.88 bits per heavy atom. The first kappa shape index (κ1) is 15.6. The van der Waals surface area contributed by atoms with Crippen LogP contribution in [0.15, 0.2) is 78.1 Å². The molecule has 3 rings (SSSR count). The van der Waals surface area contributed by atoms with Gasteiger partial charge in [-0.25, -0.2) is 9.98 Å². The highest BCUT2D eigenvalue weighted by Gasteiger charge is 2.04. The standard InChI is InChI=1S/C19H18N4O/c1-2-11-22-19(20)23-18-13-15(10-12-21-18)24-17-9-5-7-14-6-3-4-8-16(14)17/h2-13H,1H3,(H3,20,21,22,23)/b11-2+. The number of hydrogen-bond acceptors (Lipinski definition) is 3. The summed E-state index contributed by atoms with van der Waals surface area (Å²) in [4.78, 5) is 8.23. The van der Waals surface area contributed by atoms with Crippen molar-refractivity contribution in [1.29, 1.82) is 0 Å². The van der Waals surface area contributed by atoms with Crippen LogP contribution in [0.4, 0.5) is 5.82 Å². The highest BCUT2D eigenvalue weighted by atomic mass is 16.5. The lowest BCUT2D eigenvalue weighted by Crippen LogP contribution is -2.22. The third kappa shape index (κ3) is 3.70. The van der Waals surface area contributed by atoms with E-state index in [2.05, 4.69) is 27.4 Å². The fourth-order valence-electron chi connectivity index (χ4n) is 2.27. The number of nitrogens with zero attached hydrogens (tertiary/aromatic N) is 2. The Hall–Kier alpha value is -3.34. The van der Waals surface area contributed by atoms with Crippen molar-refractivity contribution in [3.05, 3.63) is 73.1 Å². The molecular weight excluding hydrogens is 300 g/mol. The average molecular weight is 318 g/mol. The van der Waals surface area contributed by atoms with Gasteiger partial charge in [-0.15, -0.1) is 0 Å². The molecule has 0 atom stereocenters. The number of aromatic nitrogens is 1. The maximum Gasteiger partial charge on any atom is 0.198 e. The Kier molecular flexibility index (Phi) is 4.72. The number of pyridine rings is 1. The van der Waals surface area contributed by atoms with Gasteiger partial charge in [0, 0.05) is 23.8 Å². The van der Waals surface area contributed by atoms with Crippen LogP contribution >= 0.6 is 0 Å². The predicted molar refractivity (Wildman–Crippen MR) is 98.3 cm³/mol. The summed E-state index contributed by atoms with van der Waals surface area (Å²) in [6, 6.07) is 17.6. The van der Waals surface area contributed by atoms with E-state index >= 15 is 0 Å². The molecule has 0 bridgehead atoms. The zero-order chi connectivity index (χ0) is 16.8. The van der Waals surface area contributed by atoms with E-state index in [1.54, 1.807) is 30.6 Å². The van der Waals surface area contributed by atoms with Crippen LogP contribution < -0.4 is 15.8 Å². The summed E-state index contributed by atoms with van der Waals surface area (Å²) >= 11 is 0. The highest BCUT2D eigenvalue weighted by Crippen LogP contribution is 2.30. The molecule has 0 aliphatic heterocycles. The molecule has 3 aromatic rings. The van der Waals surface area contributed by atoms with Gasteiger partial charge in [0.05, 0.1) is 0 Å². The molecule has 0 unspecified atom stereocenters. The van der Waals surface area contributed by atoms with Crippen molar-refractivity contribution in [1.82, 2.24) is 4.98 Å². The van der Waals surface area contributed by atoms with Crippen molar-refractivity contribution in [3.8, 4) is 11.5 Å². The van der Waals surface area contributed by atoms with Crippen LogP contribution in [0, 0.1) is 0 Å². The number of ether oxygens (including phenoxy) is 1. The highest BCUT2D eigenvalue weighted by molar-refractivity contribution is 5.92. The van der Waals surface area contributed by atoms with E-state index in [0.717, 1.165) is 16.5 Å². The normalized spacial score (nSPS) is 11.8. The van der Waals surface area contributed by atoms with Gasteiger partial charge < -0.3 is 15.8 Å². The summed E-state index contributed by atoms with van der Waals surface area (Å²) < 4.78 is 6.02. The molecule has 0 radical (unpaired) electrons. The molecule has 1 heterocycles. The molecule has 0 saturated carbocycles. The lowest BCUT2D eigenvalue weighted by molar-refractivity contribution is 0.488. The van der Waals surface area contributed by atoms with E-state index in [9.17, 15) is 0 Å². The van der Waals surface area contributed by atoms with Gasteiger partial charge in [0.1, 0.15) is 17.3 Å². The van der Waals surface area contributed by atoms with Crippen molar-refractivity contribution >= 4 is 22.5 Å². The van der Waals surface area contributed by atoms with Gasteiger partial charge >= 0.3 is 0 Å². The largest absolute Gasteiger partial charge is 0.457 e. The maximum absolute atomic E-state index is 6.02. The fraction of sp³-hybridized carbons (Fsp3) is 0.0526. The first-order chi connectivity index (χ1) is 11.8. The smallest absolute Gasteiger partial charge is 0.198 e. The summed E-state index contributed by atoms with van der Waals surface area (Å²) in [6.45, 7) is 1.87. The molecule has 1 aromatic heterocycles. The lowest BCUT2D eigenvalue weighted by Gasteiger charge is -2.10. The average Bonchev–Trinajstić information content (AvgIpc) is 2.61. The first-order valence-electron chi connectivity index (χ1n) is 7.59. The summed E-state index contributed by atoms with van der Waals surface area (Å²) in [7, 11) is 0. The molecule has 2 aromatic carbocycles. The molecule has 0 aliphatic rings. The van der Waals surface area contributed by atoms with E-state index < -0.39 is 0 Å². The Balaban J connectivity index is 1.84. The van der Waals surface area contributed by atoms with E-state index in [1.165, 1.54) is 0 Å². The summed E-state index contributed by atoms with van der Waals surface area (Å²) in [5, 5.41) is 5.11. The number of allylic oxidation sites excluding steroid dienone is 1. The first-order valence-corrected chi connectivity index (χ1v) is 7.59. The van der Waals surface area contributed by atoms with Crippen molar-refractivity contribution < 1.29 is 4.74 Å². The van der Waals surface area contributed by atoms with Gasteiger partial charge in [0.15, 0.2) is 5.96 Å². The third-order valence-corrected chi connectivity index (χ3v) is 3.33. The quantitative estimate of drug-likeness (QED) is 0.556. The number of nitrogens with one attached hydrogen (secondary N) is 1. The maximum atomic E-state index is 6.02. The number of nitrogens with two attached hydrogens (primary N) is 1. The van der Waals surface area contributed by atoms with Crippen LogP contribution in [0.3, 0.4) is 0 Å². The van der Waals surface area contributed by atoms with Crippen LogP contribution in [0.1, 0.15) is 6.92 Å². The van der Waals surface area contributed by atoms with E-state index in [0.29, 0.717) is 11.6 Å². The van der Waals surface area contributed by atoms with Gasteiger partial charge in [-0.2, -0.15) is 0 Å². The van der Waals surface area contributed by atoms with Gasteiger partial charge in [0.25, 0.3) is 0 Å². The Morgan fingerprint density at radius 1 is 1.17 bits per heavy atom. The van der Waals surface area contributed by atoms with Crippen molar-refractivity contribution in [2.24, 2.45) is 10.7 Å². The topological polar surface area (TPSA) is 72.5 Å². The Bertz CT molecular complexity index is 897. The molecule has 120 valence electrons. The number of guanidine groups is 1. The molecule has 0 amide bonds. The van der Waals surface area contributed by atoms with E-state index in [-0.39, 0.29) is 5.96 Å². The third-order valence-electron chi connectivity index (χ3n) is 3.33. The zero-order valence-electron chi connectivity index (χ0n) is 13.3. The number of benzene rings is 2.